The van der Waals surface area contributed by atoms with E-state index in [4.69, 9.17) is 4.98 Å². The Labute approximate surface area is 203 Å². The number of aromatic nitrogens is 2. The van der Waals surface area contributed by atoms with E-state index < -0.39 is 10.8 Å². The summed E-state index contributed by atoms with van der Waals surface area (Å²) in [5, 5.41) is 4.08. The maximum atomic E-state index is 14.4. The molecule has 0 saturated carbocycles. The number of likely N-dealkylation sites (tertiary alicyclic amines) is 1. The summed E-state index contributed by atoms with van der Waals surface area (Å²) < 4.78 is 28.4. The monoisotopic (exact) mass is 483 g/mol. The Kier molecular flexibility index (Phi) is 6.99. The Hall–Kier alpha value is -2.29. The number of fused-ring (bicyclic) bond motifs is 1. The van der Waals surface area contributed by atoms with Crippen LogP contribution in [0.2, 0.25) is 0 Å². The Bertz CT molecular complexity index is 1190. The van der Waals surface area contributed by atoms with Crippen molar-refractivity contribution < 1.29 is 8.60 Å². The van der Waals surface area contributed by atoms with Crippen LogP contribution in [0.1, 0.15) is 24.4 Å². The predicted octanol–water partition coefficient (Wildman–Crippen LogP) is 3.76. The Morgan fingerprint density at radius 3 is 2.71 bits per heavy atom. The number of hydrogen-bond acceptors (Lipinski definition) is 5. The van der Waals surface area contributed by atoms with Crippen molar-refractivity contribution in [3.63, 3.8) is 0 Å². The van der Waals surface area contributed by atoms with E-state index in [0.29, 0.717) is 11.7 Å². The number of benzene rings is 1. The summed E-state index contributed by atoms with van der Waals surface area (Å²) in [6.45, 7) is 5.03. The van der Waals surface area contributed by atoms with Gasteiger partial charge in [0.05, 0.1) is 11.4 Å². The average molecular weight is 484 g/mol. The Morgan fingerprint density at radius 1 is 1.18 bits per heavy atom. The third kappa shape index (κ3) is 4.90. The van der Waals surface area contributed by atoms with Gasteiger partial charge in [-0.2, -0.15) is 0 Å². The van der Waals surface area contributed by atoms with Crippen LogP contribution in [0.4, 0.5) is 10.1 Å². The zero-order valence-corrected chi connectivity index (χ0v) is 20.9. The minimum Gasteiger partial charge on any atom is -0.386 e. The van der Waals surface area contributed by atoms with Crippen molar-refractivity contribution in [2.45, 2.75) is 25.3 Å². The van der Waals surface area contributed by atoms with E-state index >= 15 is 0 Å². The van der Waals surface area contributed by atoms with Gasteiger partial charge in [-0.1, -0.05) is 6.07 Å². The molecule has 1 aromatic carbocycles. The van der Waals surface area contributed by atoms with Gasteiger partial charge in [-0.15, -0.1) is 0 Å². The molecule has 6 nitrogen and oxygen atoms in total. The second kappa shape index (κ2) is 10.1. The molecular formula is C26H34FN5OS. The van der Waals surface area contributed by atoms with Crippen LogP contribution in [-0.4, -0.2) is 81.9 Å². The molecule has 0 spiro atoms. The number of pyridine rings is 1. The summed E-state index contributed by atoms with van der Waals surface area (Å²) in [7, 11) is 3.27. The van der Waals surface area contributed by atoms with Crippen LogP contribution >= 0.6 is 0 Å². The molecule has 34 heavy (non-hydrogen) atoms. The molecule has 2 aliphatic heterocycles. The van der Waals surface area contributed by atoms with E-state index in [1.54, 1.807) is 19.2 Å². The van der Waals surface area contributed by atoms with E-state index in [9.17, 15) is 8.60 Å². The van der Waals surface area contributed by atoms with Gasteiger partial charge >= 0.3 is 0 Å². The van der Waals surface area contributed by atoms with Gasteiger partial charge in [0.2, 0.25) is 0 Å². The highest BCUT2D eigenvalue weighted by Gasteiger charge is 2.24. The van der Waals surface area contributed by atoms with Crippen molar-refractivity contribution >= 4 is 27.5 Å². The Balaban J connectivity index is 1.42. The molecule has 0 bridgehead atoms. The lowest BCUT2D eigenvalue weighted by atomic mass is 10.1. The fraction of sp³-hybridized carbons (Fsp3) is 0.500. The third-order valence-electron chi connectivity index (χ3n) is 7.25. The van der Waals surface area contributed by atoms with Crippen molar-refractivity contribution in [3.8, 4) is 11.3 Å². The second-order valence-electron chi connectivity index (χ2n) is 9.57. The number of aryl methyl sites for hydroxylation is 1. The van der Waals surface area contributed by atoms with Crippen LogP contribution in [0.15, 0.2) is 36.5 Å². The van der Waals surface area contributed by atoms with Crippen LogP contribution < -0.4 is 5.32 Å². The summed E-state index contributed by atoms with van der Waals surface area (Å²) in [6, 6.07) is 9.84. The van der Waals surface area contributed by atoms with E-state index in [1.165, 1.54) is 10.9 Å². The van der Waals surface area contributed by atoms with Gasteiger partial charge in [0, 0.05) is 72.2 Å². The number of nitrogens with one attached hydrogen (secondary N) is 1. The van der Waals surface area contributed by atoms with Crippen LogP contribution in [0.3, 0.4) is 0 Å². The summed E-state index contributed by atoms with van der Waals surface area (Å²) in [4.78, 5) is 9.86. The molecule has 2 aliphatic rings. The Morgan fingerprint density at radius 2 is 2.00 bits per heavy atom. The molecule has 2 saturated heterocycles. The first-order valence-corrected chi connectivity index (χ1v) is 13.7. The van der Waals surface area contributed by atoms with E-state index in [1.807, 2.05) is 12.1 Å². The maximum absolute atomic E-state index is 14.4. The van der Waals surface area contributed by atoms with Crippen LogP contribution in [0.5, 0.6) is 0 Å². The highest BCUT2D eigenvalue weighted by Crippen LogP contribution is 2.32. The molecule has 5 rings (SSSR count). The molecule has 8 heteroatoms. The van der Waals surface area contributed by atoms with Crippen LogP contribution in [-0.2, 0) is 17.2 Å². The number of rotatable bonds is 7. The second-order valence-corrected chi connectivity index (χ2v) is 11.3. The van der Waals surface area contributed by atoms with Crippen molar-refractivity contribution in [1.82, 2.24) is 19.4 Å². The van der Waals surface area contributed by atoms with Gasteiger partial charge in [-0.25, -0.2) is 9.37 Å². The van der Waals surface area contributed by atoms with Gasteiger partial charge in [0.1, 0.15) is 11.5 Å². The lowest BCUT2D eigenvalue weighted by Crippen LogP contribution is -2.38. The highest BCUT2D eigenvalue weighted by atomic mass is 32.2. The number of nitrogens with zero attached hydrogens (tertiary/aromatic N) is 4. The SMILES string of the molecule is CNc1ccc(-c2ccc3c(CCCN4CCS(=O)CC4)cn(C4CCN(C)C4)c3n2)cc1F. The molecular weight excluding hydrogens is 449 g/mol. The zero-order valence-electron chi connectivity index (χ0n) is 20.1. The zero-order chi connectivity index (χ0) is 23.7. The highest BCUT2D eigenvalue weighted by molar-refractivity contribution is 7.85. The lowest BCUT2D eigenvalue weighted by Gasteiger charge is -2.25. The van der Waals surface area contributed by atoms with E-state index in [-0.39, 0.29) is 5.82 Å². The first-order chi connectivity index (χ1) is 16.5. The quantitative estimate of drug-likeness (QED) is 0.555. The smallest absolute Gasteiger partial charge is 0.146 e. The number of halogens is 1. The molecule has 182 valence electrons. The number of hydrogen-bond donors (Lipinski definition) is 1. The molecule has 0 amide bonds. The van der Waals surface area contributed by atoms with Crippen LogP contribution in [0.25, 0.3) is 22.3 Å². The first-order valence-electron chi connectivity index (χ1n) is 12.3. The summed E-state index contributed by atoms with van der Waals surface area (Å²) in [6.07, 6.45) is 5.50. The molecule has 3 aromatic rings. The molecule has 1 N–H and O–H groups in total. The van der Waals surface area contributed by atoms with Crippen molar-refractivity contribution in [2.75, 3.05) is 63.6 Å². The first kappa shape index (κ1) is 23.5. The van der Waals surface area contributed by atoms with Gasteiger partial charge < -0.3 is 19.7 Å². The third-order valence-corrected chi connectivity index (χ3v) is 8.52. The number of anilines is 1. The molecule has 2 fully saturated rings. The fourth-order valence-corrected chi connectivity index (χ4v) is 6.37. The van der Waals surface area contributed by atoms with Crippen molar-refractivity contribution in [2.24, 2.45) is 0 Å². The topological polar surface area (TPSA) is 53.4 Å². The molecule has 4 heterocycles. The minimum absolute atomic E-state index is 0.267. The van der Waals surface area contributed by atoms with Gasteiger partial charge in [0.15, 0.2) is 0 Å². The van der Waals surface area contributed by atoms with E-state index in [0.717, 1.165) is 80.4 Å². The molecule has 2 aromatic heterocycles. The standard InChI is InChI=1S/C26H34FN5OS/c1-28-25-7-5-19(16-23(25)27)24-8-6-22-20(4-3-10-31-12-14-34(33)15-13-31)17-32(26(22)29-24)21-9-11-30(2)18-21/h5-8,16-17,21,28H,3-4,9-15,18H2,1-2H3. The van der Waals surface area contributed by atoms with Crippen LogP contribution in [0, 0.1) is 5.82 Å². The normalized spacial score (nSPS) is 20.4. The molecule has 1 unspecified atom stereocenters. The predicted molar refractivity (Wildman–Crippen MR) is 138 cm³/mol. The summed E-state index contributed by atoms with van der Waals surface area (Å²) in [5.41, 5.74) is 4.41. The lowest BCUT2D eigenvalue weighted by molar-refractivity contribution is 0.296. The average Bonchev–Trinajstić information content (AvgIpc) is 3.43. The van der Waals surface area contributed by atoms with Crippen molar-refractivity contribution in [1.29, 1.82) is 0 Å². The summed E-state index contributed by atoms with van der Waals surface area (Å²) >= 11 is 0. The maximum Gasteiger partial charge on any atom is 0.146 e. The number of likely N-dealkylation sites (N-methyl/N-ethyl adjacent to an activating group) is 1. The summed E-state index contributed by atoms with van der Waals surface area (Å²) in [5.74, 6) is 1.34. The van der Waals surface area contributed by atoms with Gasteiger partial charge in [-0.05, 0) is 69.2 Å². The van der Waals surface area contributed by atoms with Gasteiger partial charge in [0.25, 0.3) is 0 Å². The van der Waals surface area contributed by atoms with E-state index in [2.05, 4.69) is 39.0 Å². The molecule has 0 aliphatic carbocycles. The van der Waals surface area contributed by atoms with Crippen molar-refractivity contribution in [3.05, 3.63) is 47.9 Å². The largest absolute Gasteiger partial charge is 0.386 e. The minimum atomic E-state index is -0.628. The van der Waals surface area contributed by atoms with Gasteiger partial charge in [-0.3, -0.25) is 4.21 Å². The molecule has 0 radical (unpaired) electrons. The molecule has 1 atom stereocenters. The fourth-order valence-electron chi connectivity index (χ4n) is 5.24.